The molecule has 2 heterocycles. The third-order valence-electron chi connectivity index (χ3n) is 3.53. The molecule has 0 saturated heterocycles. The van der Waals surface area contributed by atoms with Gasteiger partial charge in [0.15, 0.2) is 5.78 Å². The monoisotopic (exact) mass is 233 g/mol. The molecule has 0 saturated carbocycles. The number of hydrogen-bond acceptors (Lipinski definition) is 4. The fourth-order valence-electron chi connectivity index (χ4n) is 2.74. The van der Waals surface area contributed by atoms with Crippen molar-refractivity contribution >= 4 is 5.78 Å². The van der Waals surface area contributed by atoms with E-state index in [2.05, 4.69) is 0 Å². The highest BCUT2D eigenvalue weighted by Crippen LogP contribution is 2.43. The van der Waals surface area contributed by atoms with Crippen molar-refractivity contribution in [2.45, 2.75) is 19.8 Å². The number of carbonyl (C=O) groups is 1. The van der Waals surface area contributed by atoms with E-state index in [4.69, 9.17) is 15.2 Å². The van der Waals surface area contributed by atoms with Gasteiger partial charge in [-0.05, 0) is 12.5 Å². The molecule has 0 atom stereocenters. The largest absolute Gasteiger partial charge is 0.493 e. The molecule has 4 heteroatoms. The predicted octanol–water partition coefficient (Wildman–Crippen LogP) is 1.01. The van der Waals surface area contributed by atoms with E-state index in [9.17, 15) is 4.79 Å². The second-order valence-electron chi connectivity index (χ2n) is 4.44. The Bertz CT molecular complexity index is 473. The average Bonchev–Trinajstić information content (AvgIpc) is 2.96. The first-order valence-electron chi connectivity index (χ1n) is 5.91. The molecule has 3 rings (SSSR count). The number of carbonyl (C=O) groups excluding carboxylic acids is 1. The lowest BCUT2D eigenvalue weighted by Gasteiger charge is -2.14. The Morgan fingerprint density at radius 2 is 1.82 bits per heavy atom. The zero-order chi connectivity index (χ0) is 12.0. The molecule has 0 aromatic heterocycles. The first-order chi connectivity index (χ1) is 8.24. The summed E-state index contributed by atoms with van der Waals surface area (Å²) in [6, 6.07) is 0. The molecular formula is C13H15NO3. The van der Waals surface area contributed by atoms with E-state index in [1.54, 1.807) is 0 Å². The maximum absolute atomic E-state index is 12.0. The molecule has 0 radical (unpaired) electrons. The molecule has 0 unspecified atom stereocenters. The summed E-state index contributed by atoms with van der Waals surface area (Å²) in [5.41, 5.74) is 9.37. The van der Waals surface area contributed by atoms with Gasteiger partial charge in [0.2, 0.25) is 0 Å². The summed E-state index contributed by atoms with van der Waals surface area (Å²) in [4.78, 5) is 12.0. The summed E-state index contributed by atoms with van der Waals surface area (Å²) in [5, 5.41) is 0. The van der Waals surface area contributed by atoms with Crippen LogP contribution < -0.4 is 15.2 Å². The van der Waals surface area contributed by atoms with Gasteiger partial charge in [0.1, 0.15) is 11.5 Å². The number of nitrogens with two attached hydrogens (primary N) is 1. The molecule has 17 heavy (non-hydrogen) atoms. The third-order valence-corrected chi connectivity index (χ3v) is 3.53. The number of ether oxygens (including phenoxy) is 2. The van der Waals surface area contributed by atoms with Crippen molar-refractivity contribution in [3.63, 3.8) is 0 Å². The zero-order valence-corrected chi connectivity index (χ0v) is 9.84. The number of fused-ring (bicyclic) bond motifs is 2. The highest BCUT2D eigenvalue weighted by atomic mass is 16.5. The van der Waals surface area contributed by atoms with Gasteiger partial charge in [-0.25, -0.2) is 0 Å². The molecule has 4 nitrogen and oxygen atoms in total. The van der Waals surface area contributed by atoms with Crippen LogP contribution in [0.2, 0.25) is 0 Å². The van der Waals surface area contributed by atoms with Gasteiger partial charge >= 0.3 is 0 Å². The summed E-state index contributed by atoms with van der Waals surface area (Å²) in [5.74, 6) is 1.58. The van der Waals surface area contributed by atoms with Gasteiger partial charge in [0, 0.05) is 24.0 Å². The van der Waals surface area contributed by atoms with Gasteiger partial charge in [-0.3, -0.25) is 4.79 Å². The van der Waals surface area contributed by atoms with Crippen LogP contribution in [0.25, 0.3) is 0 Å². The van der Waals surface area contributed by atoms with E-state index < -0.39 is 0 Å². The molecule has 0 fully saturated rings. The van der Waals surface area contributed by atoms with Crippen molar-refractivity contribution in [2.75, 3.05) is 19.8 Å². The van der Waals surface area contributed by atoms with Gasteiger partial charge in [0.05, 0.1) is 25.3 Å². The van der Waals surface area contributed by atoms with Crippen LogP contribution in [0.3, 0.4) is 0 Å². The summed E-state index contributed by atoms with van der Waals surface area (Å²) < 4.78 is 11.3. The molecule has 2 aliphatic heterocycles. The Kier molecular flexibility index (Phi) is 2.33. The first-order valence-corrected chi connectivity index (χ1v) is 5.91. The highest BCUT2D eigenvalue weighted by molar-refractivity contribution is 6.03. The first kappa shape index (κ1) is 10.6. The quantitative estimate of drug-likeness (QED) is 0.774. The molecule has 0 bridgehead atoms. The molecule has 2 N–H and O–H groups in total. The lowest BCUT2D eigenvalue weighted by atomic mass is 9.93. The number of benzene rings is 1. The molecule has 2 aliphatic rings. The van der Waals surface area contributed by atoms with Crippen molar-refractivity contribution in [2.24, 2.45) is 5.73 Å². The van der Waals surface area contributed by atoms with Crippen LogP contribution in [-0.2, 0) is 12.8 Å². The molecule has 1 aromatic carbocycles. The molecule has 0 aliphatic carbocycles. The van der Waals surface area contributed by atoms with Crippen molar-refractivity contribution in [1.29, 1.82) is 0 Å². The second-order valence-corrected chi connectivity index (χ2v) is 4.44. The minimum atomic E-state index is -0.0510. The van der Waals surface area contributed by atoms with Crippen LogP contribution in [0, 0.1) is 6.92 Å². The van der Waals surface area contributed by atoms with Gasteiger partial charge in [0.25, 0.3) is 0 Å². The van der Waals surface area contributed by atoms with Crippen LogP contribution in [0.1, 0.15) is 27.0 Å². The summed E-state index contributed by atoms with van der Waals surface area (Å²) in [7, 11) is 0. The minimum absolute atomic E-state index is 0.0191. The topological polar surface area (TPSA) is 61.6 Å². The lowest BCUT2D eigenvalue weighted by Crippen LogP contribution is -2.16. The lowest BCUT2D eigenvalue weighted by molar-refractivity contribution is 0.0997. The number of ketones is 1. The fourth-order valence-corrected chi connectivity index (χ4v) is 2.74. The van der Waals surface area contributed by atoms with Crippen molar-refractivity contribution in [3.8, 4) is 11.5 Å². The standard InChI is InChI=1S/C13H15NO3/c1-7-8-2-4-17-13(8)11(10(15)6-14)9-3-5-16-12(7)9/h2-6,14H2,1H3. The van der Waals surface area contributed by atoms with Crippen LogP contribution in [0.4, 0.5) is 0 Å². The predicted molar refractivity (Wildman–Crippen MR) is 63.0 cm³/mol. The summed E-state index contributed by atoms with van der Waals surface area (Å²) >= 11 is 0. The summed E-state index contributed by atoms with van der Waals surface area (Å²) in [6.45, 7) is 3.34. The minimum Gasteiger partial charge on any atom is -0.493 e. The van der Waals surface area contributed by atoms with E-state index in [1.807, 2.05) is 6.92 Å². The SMILES string of the molecule is Cc1c2c(c(C(=O)CN)c3c1OCC3)OCC2. The molecule has 90 valence electrons. The highest BCUT2D eigenvalue weighted by Gasteiger charge is 2.31. The normalized spacial score (nSPS) is 16.1. The van der Waals surface area contributed by atoms with E-state index in [0.29, 0.717) is 18.8 Å². The average molecular weight is 233 g/mol. The van der Waals surface area contributed by atoms with Crippen LogP contribution in [0.15, 0.2) is 0 Å². The molecular weight excluding hydrogens is 218 g/mol. The van der Waals surface area contributed by atoms with E-state index in [-0.39, 0.29) is 12.3 Å². The van der Waals surface area contributed by atoms with Crippen LogP contribution >= 0.6 is 0 Å². The zero-order valence-electron chi connectivity index (χ0n) is 9.84. The number of Topliss-reactive ketones (excluding diaryl/α,β-unsaturated/α-hetero) is 1. The van der Waals surface area contributed by atoms with Gasteiger partial charge < -0.3 is 15.2 Å². The third kappa shape index (κ3) is 1.37. The van der Waals surface area contributed by atoms with Crippen molar-refractivity contribution in [1.82, 2.24) is 0 Å². The smallest absolute Gasteiger partial charge is 0.180 e. The van der Waals surface area contributed by atoms with Gasteiger partial charge in [-0.15, -0.1) is 0 Å². The van der Waals surface area contributed by atoms with Gasteiger partial charge in [-0.1, -0.05) is 0 Å². The van der Waals surface area contributed by atoms with Crippen molar-refractivity contribution < 1.29 is 14.3 Å². The number of rotatable bonds is 2. The number of hydrogen-bond donors (Lipinski definition) is 1. The van der Waals surface area contributed by atoms with E-state index in [1.165, 1.54) is 0 Å². The maximum atomic E-state index is 12.0. The second kappa shape index (κ2) is 3.74. The van der Waals surface area contributed by atoms with Crippen LogP contribution in [-0.4, -0.2) is 25.5 Å². The molecule has 1 aromatic rings. The Morgan fingerprint density at radius 1 is 1.18 bits per heavy atom. The van der Waals surface area contributed by atoms with Gasteiger partial charge in [-0.2, -0.15) is 0 Å². The fraction of sp³-hybridized carbons (Fsp3) is 0.462. The Labute approximate surface area is 99.7 Å². The Morgan fingerprint density at radius 3 is 2.53 bits per heavy atom. The van der Waals surface area contributed by atoms with Crippen LogP contribution in [0.5, 0.6) is 11.5 Å². The molecule has 0 amide bonds. The Hall–Kier alpha value is -1.55. The Balaban J connectivity index is 2.30. The molecule has 0 spiro atoms. The van der Waals surface area contributed by atoms with Crippen molar-refractivity contribution in [3.05, 3.63) is 22.3 Å². The summed E-state index contributed by atoms with van der Waals surface area (Å²) in [6.07, 6.45) is 1.62. The van der Waals surface area contributed by atoms with E-state index >= 15 is 0 Å². The maximum Gasteiger partial charge on any atom is 0.180 e. The van der Waals surface area contributed by atoms with E-state index in [0.717, 1.165) is 41.0 Å².